The molecular weight excluding hydrogens is 194 g/mol. The van der Waals surface area contributed by atoms with Gasteiger partial charge in [-0.3, -0.25) is 0 Å². The van der Waals surface area contributed by atoms with Gasteiger partial charge in [0.1, 0.15) is 0 Å². The van der Waals surface area contributed by atoms with Crippen LogP contribution in [0.5, 0.6) is 0 Å². The van der Waals surface area contributed by atoms with Crippen LogP contribution in [0.1, 0.15) is 66.7 Å². The molecule has 1 rings (SSSR count). The molecule has 1 nitrogen and oxygen atoms in total. The van der Waals surface area contributed by atoms with Crippen molar-refractivity contribution in [2.45, 2.75) is 72.8 Å². The van der Waals surface area contributed by atoms with Gasteiger partial charge in [-0.2, -0.15) is 0 Å². The van der Waals surface area contributed by atoms with Crippen LogP contribution in [0.15, 0.2) is 0 Å². The van der Waals surface area contributed by atoms with Crippen molar-refractivity contribution in [3.63, 3.8) is 0 Å². The molecular formula is C15H31N. The van der Waals surface area contributed by atoms with Crippen molar-refractivity contribution in [1.82, 2.24) is 0 Å². The van der Waals surface area contributed by atoms with E-state index >= 15 is 0 Å². The highest BCUT2D eigenvalue weighted by Crippen LogP contribution is 2.41. The highest BCUT2D eigenvalue weighted by atomic mass is 14.6. The van der Waals surface area contributed by atoms with Crippen LogP contribution in [0.2, 0.25) is 0 Å². The first-order chi connectivity index (χ1) is 7.30. The first-order valence-electron chi connectivity index (χ1n) is 7.06. The van der Waals surface area contributed by atoms with Crippen molar-refractivity contribution in [1.29, 1.82) is 0 Å². The molecule has 1 aliphatic carbocycles. The topological polar surface area (TPSA) is 26.0 Å². The van der Waals surface area contributed by atoms with E-state index in [9.17, 15) is 0 Å². The number of nitrogens with two attached hydrogens (primary N) is 1. The third-order valence-corrected chi connectivity index (χ3v) is 4.53. The van der Waals surface area contributed by atoms with Crippen LogP contribution in [0, 0.1) is 23.2 Å². The molecule has 1 atom stereocenters. The Balaban J connectivity index is 2.32. The molecule has 0 heterocycles. The van der Waals surface area contributed by atoms with Crippen LogP contribution in [0.4, 0.5) is 0 Å². The average molecular weight is 225 g/mol. The molecule has 0 aliphatic heterocycles. The van der Waals surface area contributed by atoms with Gasteiger partial charge in [-0.25, -0.2) is 0 Å². The highest BCUT2D eigenvalue weighted by Gasteiger charge is 2.30. The lowest BCUT2D eigenvalue weighted by atomic mass is 9.68. The van der Waals surface area contributed by atoms with Crippen molar-refractivity contribution in [2.75, 3.05) is 0 Å². The van der Waals surface area contributed by atoms with Crippen LogP contribution in [0.25, 0.3) is 0 Å². The van der Waals surface area contributed by atoms with Crippen LogP contribution in [-0.4, -0.2) is 6.04 Å². The zero-order chi connectivity index (χ0) is 12.3. The molecule has 1 saturated carbocycles. The normalized spacial score (nSPS) is 29.4. The fraction of sp³-hybridized carbons (Fsp3) is 1.00. The lowest BCUT2D eigenvalue weighted by molar-refractivity contribution is 0.141. The number of rotatable bonds is 3. The summed E-state index contributed by atoms with van der Waals surface area (Å²) in [4.78, 5) is 0. The minimum atomic E-state index is 0.413. The van der Waals surface area contributed by atoms with E-state index in [1.54, 1.807) is 0 Å². The second kappa shape index (κ2) is 5.53. The summed E-state index contributed by atoms with van der Waals surface area (Å²) in [7, 11) is 0. The van der Waals surface area contributed by atoms with E-state index in [-0.39, 0.29) is 0 Å². The van der Waals surface area contributed by atoms with E-state index in [0.29, 0.717) is 17.4 Å². The summed E-state index contributed by atoms with van der Waals surface area (Å²) >= 11 is 0. The van der Waals surface area contributed by atoms with E-state index in [0.717, 1.165) is 11.8 Å². The lowest BCUT2D eigenvalue weighted by Gasteiger charge is -2.37. The van der Waals surface area contributed by atoms with Gasteiger partial charge < -0.3 is 5.73 Å². The van der Waals surface area contributed by atoms with Gasteiger partial charge in [0, 0.05) is 6.04 Å². The zero-order valence-corrected chi connectivity index (χ0v) is 11.9. The van der Waals surface area contributed by atoms with Gasteiger partial charge >= 0.3 is 0 Å². The summed E-state index contributed by atoms with van der Waals surface area (Å²) in [6, 6.07) is 0.413. The Kier molecular flexibility index (Phi) is 4.85. The Bertz CT molecular complexity index is 194. The van der Waals surface area contributed by atoms with Crippen molar-refractivity contribution in [2.24, 2.45) is 28.9 Å². The third-order valence-electron chi connectivity index (χ3n) is 4.53. The monoisotopic (exact) mass is 225 g/mol. The van der Waals surface area contributed by atoms with Gasteiger partial charge in [0.25, 0.3) is 0 Å². The predicted octanol–water partition coefficient (Wildman–Crippen LogP) is 4.21. The van der Waals surface area contributed by atoms with E-state index in [2.05, 4.69) is 34.6 Å². The molecule has 1 fully saturated rings. The molecule has 0 bridgehead atoms. The van der Waals surface area contributed by atoms with Crippen molar-refractivity contribution in [3.05, 3.63) is 0 Å². The smallest absolute Gasteiger partial charge is 0.00645 e. The highest BCUT2D eigenvalue weighted by molar-refractivity contribution is 4.82. The van der Waals surface area contributed by atoms with Crippen molar-refractivity contribution < 1.29 is 0 Å². The van der Waals surface area contributed by atoms with E-state index in [1.807, 2.05) is 0 Å². The van der Waals surface area contributed by atoms with Crippen molar-refractivity contribution >= 4 is 0 Å². The minimum absolute atomic E-state index is 0.413. The molecule has 0 aromatic rings. The molecule has 16 heavy (non-hydrogen) atoms. The summed E-state index contributed by atoms with van der Waals surface area (Å²) in [5.41, 5.74) is 6.67. The first-order valence-corrected chi connectivity index (χ1v) is 7.06. The Morgan fingerprint density at radius 1 is 1.06 bits per heavy atom. The Morgan fingerprint density at radius 2 is 1.56 bits per heavy atom. The van der Waals surface area contributed by atoms with Gasteiger partial charge in [-0.05, 0) is 42.4 Å². The maximum atomic E-state index is 6.17. The third kappa shape index (κ3) is 4.08. The van der Waals surface area contributed by atoms with Crippen LogP contribution in [-0.2, 0) is 0 Å². The largest absolute Gasteiger partial charge is 0.327 e. The predicted molar refractivity (Wildman–Crippen MR) is 72.3 cm³/mol. The first kappa shape index (κ1) is 14.0. The maximum absolute atomic E-state index is 6.17. The molecule has 0 aromatic heterocycles. The van der Waals surface area contributed by atoms with Crippen molar-refractivity contribution in [3.8, 4) is 0 Å². The number of hydrogen-bond donors (Lipinski definition) is 1. The summed E-state index contributed by atoms with van der Waals surface area (Å²) in [6.07, 6.45) is 6.89. The standard InChI is InChI=1S/C15H31N/c1-11(2)14(16)10-12-6-8-13(9-7-12)15(3,4)5/h11-14H,6-10,16H2,1-5H3. The Hall–Kier alpha value is -0.0400. The molecule has 0 aromatic carbocycles. The molecule has 96 valence electrons. The fourth-order valence-corrected chi connectivity index (χ4v) is 2.92. The van der Waals surface area contributed by atoms with Crippen LogP contribution >= 0.6 is 0 Å². The van der Waals surface area contributed by atoms with Crippen LogP contribution < -0.4 is 5.73 Å². The summed E-state index contributed by atoms with van der Waals surface area (Å²) < 4.78 is 0. The zero-order valence-electron chi connectivity index (χ0n) is 11.9. The molecule has 0 radical (unpaired) electrons. The van der Waals surface area contributed by atoms with Gasteiger partial charge in [0.15, 0.2) is 0 Å². The second-order valence-corrected chi connectivity index (χ2v) is 7.23. The van der Waals surface area contributed by atoms with Crippen LogP contribution in [0.3, 0.4) is 0 Å². The Labute approximate surface area is 102 Å². The molecule has 1 heteroatoms. The molecule has 1 aliphatic rings. The maximum Gasteiger partial charge on any atom is 0.00645 e. The molecule has 2 N–H and O–H groups in total. The van der Waals surface area contributed by atoms with Gasteiger partial charge in [0.2, 0.25) is 0 Å². The van der Waals surface area contributed by atoms with E-state index in [1.165, 1.54) is 32.1 Å². The SMILES string of the molecule is CC(C)C(N)CC1CCC(C(C)(C)C)CC1. The minimum Gasteiger partial charge on any atom is -0.327 e. The molecule has 0 spiro atoms. The van der Waals surface area contributed by atoms with Gasteiger partial charge in [0.05, 0.1) is 0 Å². The van der Waals surface area contributed by atoms with E-state index in [4.69, 9.17) is 5.73 Å². The lowest BCUT2D eigenvalue weighted by Crippen LogP contribution is -2.32. The molecule has 0 saturated heterocycles. The second-order valence-electron chi connectivity index (χ2n) is 7.23. The molecule has 0 amide bonds. The summed E-state index contributed by atoms with van der Waals surface area (Å²) in [5.74, 6) is 2.47. The van der Waals surface area contributed by atoms with Gasteiger partial charge in [-0.15, -0.1) is 0 Å². The fourth-order valence-electron chi connectivity index (χ4n) is 2.92. The average Bonchev–Trinajstić information content (AvgIpc) is 2.17. The Morgan fingerprint density at radius 3 is 1.94 bits per heavy atom. The van der Waals surface area contributed by atoms with Gasteiger partial charge in [-0.1, -0.05) is 47.5 Å². The van der Waals surface area contributed by atoms with E-state index < -0.39 is 0 Å². The molecule has 1 unspecified atom stereocenters. The quantitative estimate of drug-likeness (QED) is 0.765. The summed E-state index contributed by atoms with van der Waals surface area (Å²) in [5, 5.41) is 0. The number of hydrogen-bond acceptors (Lipinski definition) is 1. The summed E-state index contributed by atoms with van der Waals surface area (Å²) in [6.45, 7) is 11.6.